The average Bonchev–Trinajstić information content (AvgIpc) is 2.57. The van der Waals surface area contributed by atoms with Crippen molar-refractivity contribution in [2.24, 2.45) is 0 Å². The lowest BCUT2D eigenvalue weighted by Crippen LogP contribution is -2.30. The van der Waals surface area contributed by atoms with Gasteiger partial charge in [-0.1, -0.05) is 18.5 Å². The van der Waals surface area contributed by atoms with E-state index >= 15 is 0 Å². The van der Waals surface area contributed by atoms with Gasteiger partial charge in [0.25, 0.3) is 0 Å². The minimum Gasteiger partial charge on any atom is -0.308 e. The highest BCUT2D eigenvalue weighted by Gasteiger charge is 2.24. The smallest absolute Gasteiger partial charge is 0.149 e. The summed E-state index contributed by atoms with van der Waals surface area (Å²) in [6.45, 7) is 6.56. The van der Waals surface area contributed by atoms with Crippen LogP contribution in [-0.4, -0.2) is 36.8 Å². The summed E-state index contributed by atoms with van der Waals surface area (Å²) in [5.74, 6) is 0.0129. The SMILES string of the molecule is CCNC(CS(C)(=O)=O)c1c(Cl)cnn1C(C)C. The summed E-state index contributed by atoms with van der Waals surface area (Å²) >= 11 is 6.13. The van der Waals surface area contributed by atoms with Crippen LogP contribution < -0.4 is 5.32 Å². The number of nitrogens with one attached hydrogen (secondary N) is 1. The first-order valence-electron chi connectivity index (χ1n) is 5.90. The maximum absolute atomic E-state index is 11.5. The molecule has 0 radical (unpaired) electrons. The summed E-state index contributed by atoms with van der Waals surface area (Å²) in [6.07, 6.45) is 2.78. The molecule has 7 heteroatoms. The Hall–Kier alpha value is -0.590. The monoisotopic (exact) mass is 293 g/mol. The third kappa shape index (κ3) is 3.96. The lowest BCUT2D eigenvalue weighted by atomic mass is 10.2. The third-order valence-corrected chi connectivity index (χ3v) is 3.76. The first-order chi connectivity index (χ1) is 8.26. The van der Waals surface area contributed by atoms with Crippen LogP contribution in [-0.2, 0) is 9.84 Å². The zero-order valence-corrected chi connectivity index (χ0v) is 12.7. The topological polar surface area (TPSA) is 64.0 Å². The fourth-order valence-electron chi connectivity index (χ4n) is 1.87. The predicted octanol–water partition coefficient (Wildman–Crippen LogP) is 1.81. The number of hydrogen-bond acceptors (Lipinski definition) is 4. The highest BCUT2D eigenvalue weighted by molar-refractivity contribution is 7.90. The van der Waals surface area contributed by atoms with Gasteiger partial charge >= 0.3 is 0 Å². The zero-order chi connectivity index (χ0) is 13.9. The van der Waals surface area contributed by atoms with Gasteiger partial charge in [0.05, 0.1) is 28.7 Å². The van der Waals surface area contributed by atoms with Crippen LogP contribution in [0.3, 0.4) is 0 Å². The van der Waals surface area contributed by atoms with Crippen LogP contribution in [0.2, 0.25) is 5.02 Å². The van der Waals surface area contributed by atoms with Crippen molar-refractivity contribution in [1.29, 1.82) is 0 Å². The highest BCUT2D eigenvalue weighted by Crippen LogP contribution is 2.26. The fourth-order valence-corrected chi connectivity index (χ4v) is 3.02. The predicted molar refractivity (Wildman–Crippen MR) is 73.8 cm³/mol. The molecule has 0 bridgehead atoms. The van der Waals surface area contributed by atoms with Gasteiger partial charge in [-0.2, -0.15) is 5.10 Å². The Morgan fingerprint density at radius 1 is 1.50 bits per heavy atom. The van der Waals surface area contributed by atoms with E-state index in [9.17, 15) is 8.42 Å². The van der Waals surface area contributed by atoms with Crippen molar-refractivity contribution in [1.82, 2.24) is 15.1 Å². The van der Waals surface area contributed by atoms with Crippen LogP contribution in [0, 0.1) is 0 Å². The number of halogens is 1. The summed E-state index contributed by atoms with van der Waals surface area (Å²) < 4.78 is 24.7. The van der Waals surface area contributed by atoms with Gasteiger partial charge < -0.3 is 5.32 Å². The molecule has 104 valence electrons. The first kappa shape index (κ1) is 15.5. The Labute approximate surface area is 113 Å². The molecule has 1 aromatic heterocycles. The Balaban J connectivity index is 3.16. The number of rotatable bonds is 6. The zero-order valence-electron chi connectivity index (χ0n) is 11.1. The van der Waals surface area contributed by atoms with Crippen molar-refractivity contribution in [3.8, 4) is 0 Å². The van der Waals surface area contributed by atoms with Gasteiger partial charge in [0.1, 0.15) is 9.84 Å². The molecule has 0 spiro atoms. The molecule has 0 amide bonds. The molecule has 1 rings (SSSR count). The molecule has 0 aliphatic rings. The summed E-state index contributed by atoms with van der Waals surface area (Å²) in [4.78, 5) is 0. The van der Waals surface area contributed by atoms with E-state index in [0.717, 1.165) is 5.69 Å². The van der Waals surface area contributed by atoms with Gasteiger partial charge in [0.2, 0.25) is 0 Å². The van der Waals surface area contributed by atoms with Crippen molar-refractivity contribution < 1.29 is 8.42 Å². The van der Waals surface area contributed by atoms with Crippen molar-refractivity contribution in [3.05, 3.63) is 16.9 Å². The van der Waals surface area contributed by atoms with Crippen LogP contribution in [0.15, 0.2) is 6.20 Å². The van der Waals surface area contributed by atoms with Gasteiger partial charge in [0.15, 0.2) is 0 Å². The van der Waals surface area contributed by atoms with Gasteiger partial charge in [-0.3, -0.25) is 4.68 Å². The van der Waals surface area contributed by atoms with Gasteiger partial charge in [-0.25, -0.2) is 8.42 Å². The van der Waals surface area contributed by atoms with Crippen LogP contribution >= 0.6 is 11.6 Å². The summed E-state index contributed by atoms with van der Waals surface area (Å²) in [5, 5.41) is 7.85. The maximum atomic E-state index is 11.5. The highest BCUT2D eigenvalue weighted by atomic mass is 35.5. The number of aromatic nitrogens is 2. The maximum Gasteiger partial charge on any atom is 0.149 e. The van der Waals surface area contributed by atoms with Gasteiger partial charge in [-0.15, -0.1) is 0 Å². The summed E-state index contributed by atoms with van der Waals surface area (Å²) in [6, 6.07) is -0.199. The van der Waals surface area contributed by atoms with Gasteiger partial charge in [-0.05, 0) is 20.4 Å². The molecule has 1 unspecified atom stereocenters. The Morgan fingerprint density at radius 3 is 2.56 bits per heavy atom. The van der Waals surface area contributed by atoms with E-state index < -0.39 is 9.84 Å². The van der Waals surface area contributed by atoms with Crippen LogP contribution in [0.4, 0.5) is 0 Å². The molecule has 0 aliphatic carbocycles. The molecule has 1 N–H and O–H groups in total. The number of hydrogen-bond donors (Lipinski definition) is 1. The van der Waals surface area contributed by atoms with Crippen LogP contribution in [0.25, 0.3) is 0 Å². The van der Waals surface area contributed by atoms with E-state index in [0.29, 0.717) is 11.6 Å². The van der Waals surface area contributed by atoms with E-state index in [1.807, 2.05) is 20.8 Å². The largest absolute Gasteiger partial charge is 0.308 e. The molecule has 1 atom stereocenters. The van der Waals surface area contributed by atoms with E-state index in [4.69, 9.17) is 11.6 Å². The molecular weight excluding hydrogens is 274 g/mol. The summed E-state index contributed by atoms with van der Waals surface area (Å²) in [5.41, 5.74) is 0.735. The Kier molecular flexibility index (Phi) is 5.19. The van der Waals surface area contributed by atoms with Crippen molar-refractivity contribution in [2.45, 2.75) is 32.9 Å². The second-order valence-electron chi connectivity index (χ2n) is 4.62. The average molecular weight is 294 g/mol. The number of nitrogens with zero attached hydrogens (tertiary/aromatic N) is 2. The third-order valence-electron chi connectivity index (χ3n) is 2.53. The van der Waals surface area contributed by atoms with Crippen LogP contribution in [0.5, 0.6) is 0 Å². The van der Waals surface area contributed by atoms with E-state index in [2.05, 4.69) is 10.4 Å². The standard InChI is InChI=1S/C11H20ClN3O2S/c1-5-13-10(7-18(4,16)17)11-9(12)6-14-15(11)8(2)3/h6,8,10,13H,5,7H2,1-4H3. The van der Waals surface area contributed by atoms with Gasteiger partial charge in [0, 0.05) is 12.3 Å². The number of sulfone groups is 1. The molecule has 5 nitrogen and oxygen atoms in total. The van der Waals surface area contributed by atoms with E-state index in [-0.39, 0.29) is 17.8 Å². The minimum absolute atomic E-state index is 0.0129. The quantitative estimate of drug-likeness (QED) is 0.869. The summed E-state index contributed by atoms with van der Waals surface area (Å²) in [7, 11) is -3.09. The van der Waals surface area contributed by atoms with Crippen molar-refractivity contribution in [2.75, 3.05) is 18.6 Å². The second-order valence-corrected chi connectivity index (χ2v) is 7.21. The van der Waals surface area contributed by atoms with E-state index in [1.54, 1.807) is 10.9 Å². The molecular formula is C11H20ClN3O2S. The van der Waals surface area contributed by atoms with Crippen molar-refractivity contribution >= 4 is 21.4 Å². The molecule has 0 saturated heterocycles. The molecule has 0 saturated carbocycles. The molecule has 0 fully saturated rings. The van der Waals surface area contributed by atoms with E-state index in [1.165, 1.54) is 6.26 Å². The lowest BCUT2D eigenvalue weighted by Gasteiger charge is -2.21. The first-order valence-corrected chi connectivity index (χ1v) is 8.34. The molecule has 18 heavy (non-hydrogen) atoms. The Morgan fingerprint density at radius 2 is 2.11 bits per heavy atom. The second kappa shape index (κ2) is 6.04. The lowest BCUT2D eigenvalue weighted by molar-refractivity contribution is 0.464. The fraction of sp³-hybridized carbons (Fsp3) is 0.727. The Bertz CT molecular complexity index is 496. The normalized spacial score (nSPS) is 14.1. The van der Waals surface area contributed by atoms with Crippen LogP contribution in [0.1, 0.15) is 38.5 Å². The van der Waals surface area contributed by atoms with Crippen molar-refractivity contribution in [3.63, 3.8) is 0 Å². The molecule has 0 aliphatic heterocycles. The molecule has 0 aromatic carbocycles. The molecule has 1 heterocycles. The molecule has 1 aromatic rings. The minimum atomic E-state index is -3.09.